The first-order valence-electron chi connectivity index (χ1n) is 39.9. The van der Waals surface area contributed by atoms with Gasteiger partial charge in [0.2, 0.25) is 55.4 Å². The standard InChI is InChI=1S/C42H58N4O10S.C41H56N4O10S.CH4.Ba.2H/c1-25(2)54-35-21-34(29-16-17-33(53-8)26(3)36(29)44-35)55-28-20-31-32(47)23-42(38(49)45-57(51,52)41(7)18-19-41)22-27(42)14-12-10-9-11-13-15-30(37(48)46(31)24-28)43-39(50)56-40(4,5)6;1-24(2)53-35-20-34(29-17-18-33(52-7)25(3)36(29)43-35)54-27-19-31-32(46)22-41(38(48)44-56(50,51)28-15-16-28)21-26(41)13-11-9-8-10-12-14-30(37(47)45(31)23-27)42-39(49)55-40(4,5)6;;;;/h12,14,16-17,21,25,27-28,30-31H,9-11,13,15,18-20,22-24H2,1-8H3,(H,43,50)(H,45,49);11,13,17-18,20,24,26-28,30-31H,8-10,12,14-16,19,21-23H2,1-7H3,(H,42,49)(H,44,48);1H4;;;/q;;;+2;2*-1/b14-12-;13-11-;;;;/t27-,28-,30+,31+,42-;26-,27-,30+,31+,41-;;;;/m11..../s1. The number of pyridine rings is 2. The summed E-state index contributed by atoms with van der Waals surface area (Å²) in [6, 6.07) is 6.69. The average Bonchev–Trinajstić information content (AvgIpc) is 1.58. The number of allylic oxidation sites excluding steroid dienone is 4. The molecule has 8 aliphatic rings. The van der Waals surface area contributed by atoms with E-state index in [0.29, 0.717) is 134 Å². The quantitative estimate of drug-likeness (QED) is 0.0531. The third kappa shape index (κ3) is 22.2. The molecule has 630 valence electrons. The number of Topliss-reactive ketones (excluding diaryl/α,β-unsaturated/α-hetero) is 2. The van der Waals surface area contributed by atoms with E-state index in [0.717, 1.165) is 36.8 Å². The molecule has 6 fully saturated rings. The van der Waals surface area contributed by atoms with E-state index >= 15 is 0 Å². The number of rotatable bonds is 18. The van der Waals surface area contributed by atoms with Crippen LogP contribution in [0.15, 0.2) is 60.7 Å². The molecule has 4 saturated carbocycles. The van der Waals surface area contributed by atoms with Crippen molar-refractivity contribution in [1.82, 2.24) is 39.8 Å². The van der Waals surface area contributed by atoms with Crippen molar-refractivity contribution < 1.29 is 95.9 Å². The summed E-state index contributed by atoms with van der Waals surface area (Å²) in [5.41, 5.74) is -1.37. The van der Waals surface area contributed by atoms with Crippen molar-refractivity contribution in [2.24, 2.45) is 22.7 Å². The number of alkyl carbamates (subject to hydrolysis) is 2. The van der Waals surface area contributed by atoms with Gasteiger partial charge in [-0.05, 0) is 203 Å². The molecule has 4 aromatic rings. The second kappa shape index (κ2) is 37.0. The summed E-state index contributed by atoms with van der Waals surface area (Å²) in [5.74, 6) is -0.886. The molecular formula is C84H120BaN8O20S2. The first kappa shape index (κ1) is 91.7. The van der Waals surface area contributed by atoms with Crippen LogP contribution in [0.3, 0.4) is 0 Å². The summed E-state index contributed by atoms with van der Waals surface area (Å²) in [5, 5.41) is 6.32. The van der Waals surface area contributed by atoms with Crippen LogP contribution in [0.1, 0.15) is 226 Å². The molecule has 0 unspecified atom stereocenters. The van der Waals surface area contributed by atoms with Crippen LogP contribution in [0, 0.1) is 36.5 Å². The van der Waals surface area contributed by atoms with Gasteiger partial charge < -0.3 is 61.2 Å². The van der Waals surface area contributed by atoms with Crippen molar-refractivity contribution in [1.29, 1.82) is 0 Å². The summed E-state index contributed by atoms with van der Waals surface area (Å²) < 4.78 is 103. The number of aromatic nitrogens is 2. The van der Waals surface area contributed by atoms with Crippen molar-refractivity contribution in [3.63, 3.8) is 0 Å². The fourth-order valence-corrected chi connectivity index (χ4v) is 18.4. The fraction of sp³-hybridized carbons (Fsp3) is 0.643. The number of ketones is 2. The second-order valence-corrected chi connectivity index (χ2v) is 38.8. The normalized spacial score (nSPS) is 26.4. The minimum atomic E-state index is -3.96. The van der Waals surface area contributed by atoms with Crippen LogP contribution < -0.4 is 48.5 Å². The van der Waals surface area contributed by atoms with Crippen molar-refractivity contribution in [3.05, 3.63) is 71.8 Å². The zero-order valence-electron chi connectivity index (χ0n) is 70.7. The van der Waals surface area contributed by atoms with Crippen molar-refractivity contribution >= 4 is 138 Å². The third-order valence-electron chi connectivity index (χ3n) is 22.4. The number of nitrogens with zero attached hydrogens (tertiary/aromatic N) is 4. The minimum Gasteiger partial charge on any atom is -1.00 e. The number of methoxy groups -OCH3 is 2. The summed E-state index contributed by atoms with van der Waals surface area (Å²) in [4.78, 5) is 125. The number of hydrogen-bond acceptors (Lipinski definition) is 22. The van der Waals surface area contributed by atoms with Gasteiger partial charge in [0.05, 0.1) is 83.5 Å². The smallest absolute Gasteiger partial charge is 1.00 e. The van der Waals surface area contributed by atoms with Crippen molar-refractivity contribution in [3.8, 4) is 34.8 Å². The number of sulfonamides is 2. The number of carbonyl (C=O) groups is 8. The molecule has 4 N–H and O–H groups in total. The molecule has 2 aromatic carbocycles. The second-order valence-electron chi connectivity index (χ2n) is 34.6. The van der Waals surface area contributed by atoms with Crippen molar-refractivity contribution in [2.75, 3.05) is 27.3 Å². The maximum atomic E-state index is 14.7. The van der Waals surface area contributed by atoms with Crippen LogP contribution >= 0.6 is 0 Å². The van der Waals surface area contributed by atoms with E-state index in [1.807, 2.05) is 90.1 Å². The van der Waals surface area contributed by atoms with Crippen LogP contribution in [-0.4, -0.2) is 230 Å². The Kier molecular flexibility index (Phi) is 29.5. The molecule has 4 aliphatic heterocycles. The van der Waals surface area contributed by atoms with Gasteiger partial charge in [0.1, 0.15) is 58.5 Å². The maximum absolute atomic E-state index is 14.7. The monoisotopic (exact) mass is 1760 g/mol. The summed E-state index contributed by atoms with van der Waals surface area (Å²) in [7, 11) is -4.66. The van der Waals surface area contributed by atoms with E-state index in [2.05, 4.69) is 20.1 Å². The zero-order valence-corrected chi connectivity index (χ0v) is 74.7. The van der Waals surface area contributed by atoms with Crippen LogP contribution in [-0.2, 0) is 58.3 Å². The van der Waals surface area contributed by atoms with Gasteiger partial charge >= 0.3 is 61.1 Å². The van der Waals surface area contributed by atoms with Gasteiger partial charge in [-0.15, -0.1) is 0 Å². The summed E-state index contributed by atoms with van der Waals surface area (Å²) >= 11 is 0. The number of fused-ring (bicyclic) bond motifs is 6. The Morgan fingerprint density at radius 3 is 1.34 bits per heavy atom. The van der Waals surface area contributed by atoms with E-state index in [4.69, 9.17) is 47.9 Å². The number of benzene rings is 2. The molecule has 28 nitrogen and oxygen atoms in total. The number of aryl methyl sites for hydroxylation is 2. The zero-order chi connectivity index (χ0) is 82.1. The molecule has 0 spiro atoms. The van der Waals surface area contributed by atoms with E-state index in [1.54, 1.807) is 74.8 Å². The Balaban J connectivity index is 0.000000313. The maximum Gasteiger partial charge on any atom is 2.00 e. The van der Waals surface area contributed by atoms with Gasteiger partial charge in [-0.25, -0.2) is 36.4 Å². The van der Waals surface area contributed by atoms with E-state index in [1.165, 1.54) is 9.80 Å². The largest absolute Gasteiger partial charge is 2.00 e. The molecule has 0 radical (unpaired) electrons. The molecule has 2 saturated heterocycles. The first-order valence-corrected chi connectivity index (χ1v) is 42.9. The van der Waals surface area contributed by atoms with Gasteiger partial charge in [0.25, 0.3) is 0 Å². The molecule has 31 heteroatoms. The predicted octanol–water partition coefficient (Wildman–Crippen LogP) is 12.2. The Morgan fingerprint density at radius 2 is 0.974 bits per heavy atom. The SMILES string of the molecule is C.COc1ccc2c(O[C@@H]3C[C@H]4C(=O)C[C@]5(C(=O)NS(=O)(=O)C6(C)CC6)C[C@H]5/C=C\CCCCC[C@H](NC(=O)OC(C)(C)C)C(=O)N4C3)cc(OC(C)C)nc2c1C.COc1ccc2c(O[C@@H]3C[C@H]4C(=O)C[C@]5(C(=O)NS(=O)(=O)C6CC6)C[C@H]5/C=C\CCCCC[C@H](NC(=O)OC(C)(C)C)C(=O)N4C3)cc(OC(C)C)nc2c1C.[Ba+2].[H-].[H-]. The van der Waals surface area contributed by atoms with Gasteiger partial charge in [0.15, 0.2) is 11.6 Å². The molecular weight excluding hydrogens is 1640 g/mol. The van der Waals surface area contributed by atoms with Gasteiger partial charge in [-0.3, -0.25) is 38.2 Å². The predicted molar refractivity (Wildman–Crippen MR) is 437 cm³/mol. The third-order valence-corrected chi connectivity index (χ3v) is 26.4. The molecule has 6 amide bonds. The number of ether oxygens (including phenoxy) is 8. The van der Waals surface area contributed by atoms with Crippen LogP contribution in [0.5, 0.6) is 34.8 Å². The molecule has 0 bridgehead atoms. The first-order chi connectivity index (χ1) is 53.2. The molecule has 4 aliphatic carbocycles. The Morgan fingerprint density at radius 1 is 0.574 bits per heavy atom. The number of carbonyl (C=O) groups excluding carboxylic acids is 8. The number of hydrogen-bond donors (Lipinski definition) is 4. The molecule has 2 aromatic heterocycles. The Labute approximate surface area is 720 Å². The minimum absolute atomic E-state index is 0. The fourth-order valence-electron chi connectivity index (χ4n) is 15.7. The molecule has 6 heterocycles. The summed E-state index contributed by atoms with van der Waals surface area (Å²) in [6.45, 7) is 23.4. The Bertz CT molecular complexity index is 4620. The van der Waals surface area contributed by atoms with Crippen LogP contribution in [0.4, 0.5) is 9.59 Å². The molecule has 115 heavy (non-hydrogen) atoms. The molecule has 10 atom stereocenters. The van der Waals surface area contributed by atoms with Crippen LogP contribution in [0.2, 0.25) is 0 Å². The van der Waals surface area contributed by atoms with E-state index in [-0.39, 0.29) is 134 Å². The molecule has 12 rings (SSSR count). The van der Waals surface area contributed by atoms with Gasteiger partial charge in [-0.1, -0.05) is 57.4 Å². The van der Waals surface area contributed by atoms with Crippen molar-refractivity contribution in [2.45, 2.75) is 296 Å². The van der Waals surface area contributed by atoms with E-state index < -0.39 is 124 Å². The van der Waals surface area contributed by atoms with Gasteiger partial charge in [0, 0.05) is 59.7 Å². The Hall–Kier alpha value is -7.23. The summed E-state index contributed by atoms with van der Waals surface area (Å²) in [6.07, 6.45) is 13.3. The number of nitrogens with one attached hydrogen (secondary N) is 4. The average molecular weight is 1760 g/mol. The van der Waals surface area contributed by atoms with Gasteiger partial charge in [-0.2, -0.15) is 0 Å². The number of amides is 6. The van der Waals surface area contributed by atoms with E-state index in [9.17, 15) is 55.2 Å². The topological polar surface area (TPSA) is 359 Å². The van der Waals surface area contributed by atoms with Crippen LogP contribution in [0.25, 0.3) is 21.8 Å².